The summed E-state index contributed by atoms with van der Waals surface area (Å²) in [5, 5.41) is 3.12. The highest BCUT2D eigenvalue weighted by Crippen LogP contribution is 2.35. The Kier molecular flexibility index (Phi) is 7.04. The Balaban J connectivity index is 2.06. The van der Waals surface area contributed by atoms with Crippen LogP contribution in [0.4, 0.5) is 0 Å². The molecule has 0 unspecified atom stereocenters. The van der Waals surface area contributed by atoms with Gasteiger partial charge in [0.2, 0.25) is 5.78 Å². The molecule has 1 aromatic rings. The summed E-state index contributed by atoms with van der Waals surface area (Å²) in [6.07, 6.45) is 8.41. The van der Waals surface area contributed by atoms with Crippen molar-refractivity contribution in [1.82, 2.24) is 5.32 Å². The number of Topliss-reactive ketones (excluding diaryl/α,β-unsaturated/α-hetero) is 1. The van der Waals surface area contributed by atoms with Crippen molar-refractivity contribution in [2.45, 2.75) is 45.4 Å². The maximum atomic E-state index is 12.8. The van der Waals surface area contributed by atoms with Crippen LogP contribution in [-0.2, 0) is 0 Å². The molecule has 1 aliphatic rings. The molecule has 0 saturated carbocycles. The molecule has 0 atom stereocenters. The molecule has 1 N–H and O–H groups in total. The van der Waals surface area contributed by atoms with Crippen molar-refractivity contribution in [2.24, 2.45) is 0 Å². The highest BCUT2D eigenvalue weighted by molar-refractivity contribution is 6.26. The van der Waals surface area contributed by atoms with Crippen molar-refractivity contribution in [3.63, 3.8) is 0 Å². The summed E-state index contributed by atoms with van der Waals surface area (Å²) in [4.78, 5) is 25.3. The van der Waals surface area contributed by atoms with Crippen molar-refractivity contribution in [3.8, 4) is 11.5 Å². The lowest BCUT2D eigenvalue weighted by atomic mass is 9.90. The van der Waals surface area contributed by atoms with Crippen LogP contribution in [0.2, 0.25) is 0 Å². The summed E-state index contributed by atoms with van der Waals surface area (Å²) in [6, 6.07) is 3.30. The smallest absolute Gasteiger partial charge is 0.213 e. The third-order valence-corrected chi connectivity index (χ3v) is 4.41. The number of carbonyl (C=O) groups excluding carboxylic acids is 2. The first kappa shape index (κ1) is 19.0. The van der Waals surface area contributed by atoms with Crippen LogP contribution in [0.5, 0.6) is 11.5 Å². The SMILES string of the molecule is CCCCCCCCNC1=CC(=O)c2c(OC)ccc(OC)c2C1=O. The fraction of sp³-hybridized carbons (Fsp3) is 0.500. The largest absolute Gasteiger partial charge is 0.496 e. The minimum Gasteiger partial charge on any atom is -0.496 e. The van der Waals surface area contributed by atoms with Gasteiger partial charge >= 0.3 is 0 Å². The van der Waals surface area contributed by atoms with Crippen molar-refractivity contribution < 1.29 is 19.1 Å². The number of methoxy groups -OCH3 is 2. The van der Waals surface area contributed by atoms with Crippen molar-refractivity contribution >= 4 is 11.6 Å². The molecule has 5 nitrogen and oxygen atoms in total. The van der Waals surface area contributed by atoms with Crippen LogP contribution in [-0.4, -0.2) is 32.3 Å². The van der Waals surface area contributed by atoms with Crippen LogP contribution >= 0.6 is 0 Å². The molecular weight excluding hydrogens is 318 g/mol. The van der Waals surface area contributed by atoms with Gasteiger partial charge in [0.1, 0.15) is 11.5 Å². The number of nitrogens with one attached hydrogen (secondary N) is 1. The maximum Gasteiger partial charge on any atom is 0.213 e. The number of ketones is 2. The Labute approximate surface area is 149 Å². The molecule has 0 amide bonds. The van der Waals surface area contributed by atoms with Gasteiger partial charge < -0.3 is 14.8 Å². The zero-order valence-corrected chi connectivity index (χ0v) is 15.3. The Morgan fingerprint density at radius 3 is 2.12 bits per heavy atom. The number of allylic oxidation sites excluding steroid dienone is 2. The monoisotopic (exact) mass is 345 g/mol. The fourth-order valence-electron chi connectivity index (χ4n) is 3.04. The van der Waals surface area contributed by atoms with E-state index in [0.717, 1.165) is 12.8 Å². The van der Waals surface area contributed by atoms with E-state index in [1.54, 1.807) is 12.1 Å². The number of hydrogen-bond acceptors (Lipinski definition) is 5. The van der Waals surface area contributed by atoms with Crippen LogP contribution < -0.4 is 14.8 Å². The van der Waals surface area contributed by atoms with Gasteiger partial charge in [-0.05, 0) is 18.6 Å². The number of ether oxygens (including phenoxy) is 2. The highest BCUT2D eigenvalue weighted by Gasteiger charge is 2.31. The van der Waals surface area contributed by atoms with Crippen molar-refractivity contribution in [3.05, 3.63) is 35.0 Å². The molecule has 0 aromatic heterocycles. The van der Waals surface area contributed by atoms with E-state index in [0.29, 0.717) is 23.7 Å². The van der Waals surface area contributed by atoms with Crippen LogP contribution in [0, 0.1) is 0 Å². The predicted octanol–water partition coefficient (Wildman–Crippen LogP) is 3.92. The Hall–Kier alpha value is -2.30. The normalized spacial score (nSPS) is 13.3. The molecule has 1 aromatic carbocycles. The van der Waals surface area contributed by atoms with Gasteiger partial charge in [-0.2, -0.15) is 0 Å². The zero-order chi connectivity index (χ0) is 18.2. The summed E-state index contributed by atoms with van der Waals surface area (Å²) < 4.78 is 10.5. The van der Waals surface area contributed by atoms with Crippen LogP contribution in [0.15, 0.2) is 23.9 Å². The molecule has 0 fully saturated rings. The first-order valence-electron chi connectivity index (χ1n) is 8.93. The number of rotatable bonds is 10. The Morgan fingerprint density at radius 1 is 0.880 bits per heavy atom. The summed E-state index contributed by atoms with van der Waals surface area (Å²) in [6.45, 7) is 2.87. The molecule has 0 bridgehead atoms. The number of fused-ring (bicyclic) bond motifs is 1. The molecule has 0 heterocycles. The van der Waals surface area contributed by atoms with E-state index in [4.69, 9.17) is 9.47 Å². The minimum absolute atomic E-state index is 0.226. The van der Waals surface area contributed by atoms with Gasteiger partial charge in [0, 0.05) is 12.6 Å². The van der Waals surface area contributed by atoms with E-state index in [1.165, 1.54) is 46.0 Å². The molecular formula is C20H27NO4. The van der Waals surface area contributed by atoms with Gasteiger partial charge in [-0.1, -0.05) is 39.0 Å². The minimum atomic E-state index is -0.240. The molecule has 0 spiro atoms. The standard InChI is InChI=1S/C20H27NO4/c1-4-5-6-7-8-9-12-21-14-13-15(22)18-16(24-2)10-11-17(25-3)19(18)20(14)23/h10-11,13,21H,4-9,12H2,1-3H3. The number of carbonyl (C=O) groups is 2. The lowest BCUT2D eigenvalue weighted by molar-refractivity contribution is 0.0973. The van der Waals surface area contributed by atoms with Crippen LogP contribution in [0.1, 0.15) is 66.2 Å². The summed E-state index contributed by atoms with van der Waals surface area (Å²) >= 11 is 0. The average Bonchev–Trinajstić information content (AvgIpc) is 2.63. The molecule has 0 aliphatic heterocycles. The lowest BCUT2D eigenvalue weighted by Crippen LogP contribution is -2.28. The van der Waals surface area contributed by atoms with E-state index in [2.05, 4.69) is 12.2 Å². The van der Waals surface area contributed by atoms with Crippen LogP contribution in [0.3, 0.4) is 0 Å². The second-order valence-corrected chi connectivity index (χ2v) is 6.17. The van der Waals surface area contributed by atoms with E-state index in [-0.39, 0.29) is 22.7 Å². The Bertz CT molecular complexity index is 664. The lowest BCUT2D eigenvalue weighted by Gasteiger charge is -2.20. The first-order chi connectivity index (χ1) is 12.1. The number of unbranched alkanes of at least 4 members (excludes halogenated alkanes) is 5. The molecule has 0 saturated heterocycles. The summed E-state index contributed by atoms with van der Waals surface area (Å²) in [5.41, 5.74) is 0.884. The van der Waals surface area contributed by atoms with Gasteiger partial charge in [-0.25, -0.2) is 0 Å². The third kappa shape index (κ3) is 4.41. The molecule has 136 valence electrons. The van der Waals surface area contributed by atoms with E-state index < -0.39 is 0 Å². The second kappa shape index (κ2) is 9.25. The second-order valence-electron chi connectivity index (χ2n) is 6.17. The van der Waals surface area contributed by atoms with Crippen LogP contribution in [0.25, 0.3) is 0 Å². The van der Waals surface area contributed by atoms with E-state index >= 15 is 0 Å². The van der Waals surface area contributed by atoms with Gasteiger partial charge in [0.05, 0.1) is 31.0 Å². The molecule has 1 aliphatic carbocycles. The van der Waals surface area contributed by atoms with E-state index in [9.17, 15) is 9.59 Å². The number of benzene rings is 1. The molecule has 0 radical (unpaired) electrons. The van der Waals surface area contributed by atoms with Crippen molar-refractivity contribution in [2.75, 3.05) is 20.8 Å². The topological polar surface area (TPSA) is 64.6 Å². The third-order valence-electron chi connectivity index (χ3n) is 4.41. The van der Waals surface area contributed by atoms with E-state index in [1.807, 2.05) is 0 Å². The fourth-order valence-corrected chi connectivity index (χ4v) is 3.04. The zero-order valence-electron chi connectivity index (χ0n) is 15.3. The predicted molar refractivity (Wildman–Crippen MR) is 97.7 cm³/mol. The van der Waals surface area contributed by atoms with Gasteiger partial charge in [-0.3, -0.25) is 9.59 Å². The Morgan fingerprint density at radius 2 is 1.48 bits per heavy atom. The molecule has 25 heavy (non-hydrogen) atoms. The quantitative estimate of drug-likeness (QED) is 0.651. The maximum absolute atomic E-state index is 12.8. The highest BCUT2D eigenvalue weighted by atomic mass is 16.5. The first-order valence-corrected chi connectivity index (χ1v) is 8.93. The van der Waals surface area contributed by atoms with Gasteiger partial charge in [0.15, 0.2) is 5.78 Å². The van der Waals surface area contributed by atoms with Crippen molar-refractivity contribution in [1.29, 1.82) is 0 Å². The number of hydrogen-bond donors (Lipinski definition) is 1. The van der Waals surface area contributed by atoms with Gasteiger partial charge in [0.25, 0.3) is 0 Å². The summed E-state index contributed by atoms with van der Waals surface area (Å²) in [5.74, 6) is 0.314. The molecule has 2 rings (SSSR count). The molecule has 5 heteroatoms. The summed E-state index contributed by atoms with van der Waals surface area (Å²) in [7, 11) is 2.97. The van der Waals surface area contributed by atoms with Gasteiger partial charge in [-0.15, -0.1) is 0 Å². The average molecular weight is 345 g/mol.